The quantitative estimate of drug-likeness (QED) is 0.453. The van der Waals surface area contributed by atoms with Gasteiger partial charge < -0.3 is 14.3 Å². The van der Waals surface area contributed by atoms with Gasteiger partial charge in [0.15, 0.2) is 8.32 Å². The molecular weight excluding hydrogens is 412 g/mol. The second-order valence-corrected chi connectivity index (χ2v) is 19.0. The summed E-state index contributed by atoms with van der Waals surface area (Å²) in [7, 11) is 0.233. The molecule has 0 aromatic carbocycles. The number of rotatable bonds is 4. The summed E-state index contributed by atoms with van der Waals surface area (Å²) in [6.07, 6.45) is 10.7. The van der Waals surface area contributed by atoms with E-state index in [0.717, 1.165) is 24.2 Å². The monoisotopic (exact) mass is 464 g/mol. The van der Waals surface area contributed by atoms with Crippen molar-refractivity contribution in [2.24, 2.45) is 40.4 Å². The van der Waals surface area contributed by atoms with E-state index in [9.17, 15) is 5.11 Å². The topological polar surface area (TPSA) is 38.7 Å². The Morgan fingerprint density at radius 3 is 2.28 bits per heavy atom. The molecule has 0 saturated heterocycles. The number of hydrogen-bond acceptors (Lipinski definition) is 3. The highest BCUT2D eigenvalue weighted by atomic mass is 28.4. The molecule has 0 aromatic heterocycles. The summed E-state index contributed by atoms with van der Waals surface area (Å²) >= 11 is 0. The summed E-state index contributed by atoms with van der Waals surface area (Å²) in [6.45, 7) is 19.0. The van der Waals surface area contributed by atoms with Gasteiger partial charge in [-0.05, 0) is 117 Å². The second-order valence-electron chi connectivity index (χ2n) is 14.3. The molecule has 186 valence electrons. The fourth-order valence-electron chi connectivity index (χ4n) is 9.06. The third kappa shape index (κ3) is 3.87. The predicted octanol–water partition coefficient (Wildman–Crippen LogP) is 7.04. The molecule has 2 unspecified atom stereocenters. The number of ether oxygens (including phenoxy) is 1. The van der Waals surface area contributed by atoms with Crippen molar-refractivity contribution in [1.29, 1.82) is 0 Å². The number of aliphatic hydroxyl groups is 1. The van der Waals surface area contributed by atoms with Crippen molar-refractivity contribution in [3.8, 4) is 0 Å². The first-order valence-corrected chi connectivity index (χ1v) is 16.5. The van der Waals surface area contributed by atoms with Crippen molar-refractivity contribution in [2.45, 2.75) is 129 Å². The van der Waals surface area contributed by atoms with Crippen LogP contribution < -0.4 is 0 Å². The van der Waals surface area contributed by atoms with Crippen molar-refractivity contribution in [1.82, 2.24) is 0 Å². The van der Waals surface area contributed by atoms with E-state index < -0.39 is 8.32 Å². The number of hydrogen-bond donors (Lipinski definition) is 1. The highest BCUT2D eigenvalue weighted by Crippen LogP contribution is 2.68. The van der Waals surface area contributed by atoms with Crippen LogP contribution in [0.4, 0.5) is 0 Å². The standard InChI is InChI=1S/C28H52O3Si/c1-18(29)22-12-13-23-21-11-10-19-16-20(31-32(8,9)26(2,3)4)14-15-27(19,5)25(21)24(30-7)17-28(22,23)6/h18-25,29H,10-17H2,1-9H3/t18?,19-,20?,21-,22+,23-,24-,25+,27-,28+/m0/s1. The molecule has 4 rings (SSSR count). The lowest BCUT2D eigenvalue weighted by atomic mass is 9.43. The first-order valence-electron chi connectivity index (χ1n) is 13.6. The van der Waals surface area contributed by atoms with Crippen LogP contribution in [0.3, 0.4) is 0 Å². The summed E-state index contributed by atoms with van der Waals surface area (Å²) in [5.74, 6) is 3.40. The third-order valence-electron chi connectivity index (χ3n) is 11.7. The maximum atomic E-state index is 10.6. The van der Waals surface area contributed by atoms with Crippen LogP contribution in [-0.4, -0.2) is 38.8 Å². The Kier molecular flexibility index (Phi) is 6.57. The molecule has 4 heteroatoms. The third-order valence-corrected chi connectivity index (χ3v) is 16.3. The highest BCUT2D eigenvalue weighted by Gasteiger charge is 2.64. The summed E-state index contributed by atoms with van der Waals surface area (Å²) < 4.78 is 13.3. The molecule has 0 amide bonds. The van der Waals surface area contributed by atoms with Crippen LogP contribution in [0, 0.1) is 40.4 Å². The van der Waals surface area contributed by atoms with Gasteiger partial charge in [-0.1, -0.05) is 34.6 Å². The lowest BCUT2D eigenvalue weighted by Crippen LogP contribution is -2.60. The molecular formula is C28H52O3Si. The van der Waals surface area contributed by atoms with Gasteiger partial charge in [0.25, 0.3) is 0 Å². The fraction of sp³-hybridized carbons (Fsp3) is 1.00. The van der Waals surface area contributed by atoms with E-state index in [1.54, 1.807) is 0 Å². The Bertz CT molecular complexity index is 685. The van der Waals surface area contributed by atoms with Crippen LogP contribution in [0.1, 0.15) is 92.9 Å². The van der Waals surface area contributed by atoms with Crippen molar-refractivity contribution in [3.63, 3.8) is 0 Å². The van der Waals surface area contributed by atoms with E-state index in [1.165, 1.54) is 44.9 Å². The zero-order valence-electron chi connectivity index (χ0n) is 22.5. The van der Waals surface area contributed by atoms with Crippen molar-refractivity contribution in [3.05, 3.63) is 0 Å². The van der Waals surface area contributed by atoms with Gasteiger partial charge in [0.2, 0.25) is 0 Å². The van der Waals surface area contributed by atoms with Crippen LogP contribution in [0.2, 0.25) is 18.1 Å². The first-order chi connectivity index (χ1) is 14.7. The lowest BCUT2D eigenvalue weighted by molar-refractivity contribution is -0.188. The van der Waals surface area contributed by atoms with Gasteiger partial charge in [-0.15, -0.1) is 0 Å². The van der Waals surface area contributed by atoms with Gasteiger partial charge in [0.1, 0.15) is 0 Å². The Morgan fingerprint density at radius 2 is 1.69 bits per heavy atom. The molecule has 1 N–H and O–H groups in total. The normalized spacial score (nSPS) is 48.0. The summed E-state index contributed by atoms with van der Waals surface area (Å²) in [6, 6.07) is 0. The van der Waals surface area contributed by atoms with Crippen LogP contribution in [0.25, 0.3) is 0 Å². The van der Waals surface area contributed by atoms with E-state index in [0.29, 0.717) is 29.5 Å². The number of methoxy groups -OCH3 is 1. The van der Waals surface area contributed by atoms with Crippen molar-refractivity contribution >= 4 is 8.32 Å². The molecule has 4 fully saturated rings. The minimum atomic E-state index is -1.72. The van der Waals surface area contributed by atoms with E-state index in [2.05, 4.69) is 47.7 Å². The summed E-state index contributed by atoms with van der Waals surface area (Å²) in [4.78, 5) is 0. The van der Waals surface area contributed by atoms with Crippen LogP contribution >= 0.6 is 0 Å². The molecule has 3 nitrogen and oxygen atoms in total. The first kappa shape index (κ1) is 25.2. The van der Waals surface area contributed by atoms with Gasteiger partial charge in [-0.25, -0.2) is 0 Å². The van der Waals surface area contributed by atoms with Gasteiger partial charge in [0, 0.05) is 13.2 Å². The molecule has 0 aromatic rings. The average molecular weight is 465 g/mol. The summed E-state index contributed by atoms with van der Waals surface area (Å²) in [5, 5.41) is 10.9. The SMILES string of the molecule is CO[C@H]1C[C@]2(C)[C@@H](C(C)O)CC[C@H]2[C@@H]2CC[C@H]3CC(O[Si](C)(C)C(C)(C)C)CC[C@]3(C)[C@H]21. The molecule has 4 saturated carbocycles. The molecule has 0 radical (unpaired) electrons. The van der Waals surface area contributed by atoms with Gasteiger partial charge in [-0.2, -0.15) is 0 Å². The molecule has 10 atom stereocenters. The maximum Gasteiger partial charge on any atom is 0.192 e. The van der Waals surface area contributed by atoms with E-state index >= 15 is 0 Å². The predicted molar refractivity (Wildman–Crippen MR) is 135 cm³/mol. The fourth-order valence-corrected chi connectivity index (χ4v) is 10.5. The highest BCUT2D eigenvalue weighted by molar-refractivity contribution is 6.74. The van der Waals surface area contributed by atoms with Gasteiger partial charge in [0.05, 0.1) is 12.2 Å². The molecule has 32 heavy (non-hydrogen) atoms. The molecule has 0 aliphatic heterocycles. The minimum absolute atomic E-state index is 0.200. The summed E-state index contributed by atoms with van der Waals surface area (Å²) in [5.41, 5.74) is 0.614. The molecule has 0 heterocycles. The van der Waals surface area contributed by atoms with E-state index in [1.807, 2.05) is 14.0 Å². The van der Waals surface area contributed by atoms with Crippen LogP contribution in [0.15, 0.2) is 0 Å². The molecule has 0 bridgehead atoms. The Morgan fingerprint density at radius 1 is 1.00 bits per heavy atom. The molecule has 4 aliphatic rings. The van der Waals surface area contributed by atoms with Gasteiger partial charge in [-0.3, -0.25) is 0 Å². The van der Waals surface area contributed by atoms with Gasteiger partial charge >= 0.3 is 0 Å². The maximum absolute atomic E-state index is 10.6. The zero-order chi connectivity index (χ0) is 23.7. The zero-order valence-corrected chi connectivity index (χ0v) is 23.5. The second kappa shape index (κ2) is 8.35. The Hall–Kier alpha value is 0.0969. The lowest BCUT2D eigenvalue weighted by Gasteiger charge is -2.63. The number of aliphatic hydroxyl groups excluding tert-OH is 1. The largest absolute Gasteiger partial charge is 0.414 e. The smallest absolute Gasteiger partial charge is 0.192 e. The number of fused-ring (bicyclic) bond motifs is 5. The van der Waals surface area contributed by atoms with Crippen molar-refractivity contribution < 1.29 is 14.3 Å². The van der Waals surface area contributed by atoms with Crippen LogP contribution in [0.5, 0.6) is 0 Å². The molecule has 0 spiro atoms. The van der Waals surface area contributed by atoms with E-state index in [4.69, 9.17) is 9.16 Å². The van der Waals surface area contributed by atoms with E-state index in [-0.39, 0.29) is 16.6 Å². The average Bonchev–Trinajstić information content (AvgIpc) is 3.03. The van der Waals surface area contributed by atoms with Crippen molar-refractivity contribution in [2.75, 3.05) is 7.11 Å². The minimum Gasteiger partial charge on any atom is -0.414 e. The van der Waals surface area contributed by atoms with Crippen LogP contribution in [-0.2, 0) is 9.16 Å². The Balaban J connectivity index is 1.55. The molecule has 4 aliphatic carbocycles. The Labute approximate surface area is 199 Å².